The number of benzene rings is 2. The molecule has 0 unspecified atom stereocenters. The molecule has 3 rings (SSSR count). The minimum atomic E-state index is -0.331. The Balaban J connectivity index is 2.19. The quantitative estimate of drug-likeness (QED) is 0.648. The van der Waals surface area contributed by atoms with E-state index in [0.29, 0.717) is 21.9 Å². The summed E-state index contributed by atoms with van der Waals surface area (Å²) in [4.78, 5) is 17.3. The SMILES string of the molecule is C#CCn1c(=NC(=O)c2cccc(Cl)c2)sc2cccc(C)c21. The van der Waals surface area contributed by atoms with E-state index >= 15 is 0 Å². The maximum absolute atomic E-state index is 12.4. The first-order chi connectivity index (χ1) is 11.1. The molecule has 3 nitrogen and oxygen atoms in total. The average molecular weight is 341 g/mol. The van der Waals surface area contributed by atoms with E-state index in [9.17, 15) is 4.79 Å². The van der Waals surface area contributed by atoms with Gasteiger partial charge in [0, 0.05) is 10.6 Å². The summed E-state index contributed by atoms with van der Waals surface area (Å²) in [5, 5.41) is 0.509. The Morgan fingerprint density at radius 1 is 1.35 bits per heavy atom. The van der Waals surface area contributed by atoms with Crippen molar-refractivity contribution in [3.05, 3.63) is 63.4 Å². The Labute approximate surface area is 142 Å². The summed E-state index contributed by atoms with van der Waals surface area (Å²) in [6.45, 7) is 2.39. The number of carbonyl (C=O) groups is 1. The van der Waals surface area contributed by atoms with Crippen molar-refractivity contribution < 1.29 is 4.79 Å². The normalized spacial score (nSPS) is 11.6. The third-order valence-electron chi connectivity index (χ3n) is 3.42. The summed E-state index contributed by atoms with van der Waals surface area (Å²) in [6, 6.07) is 12.8. The predicted octanol–water partition coefficient (Wildman–Crippen LogP) is 4.04. The minimum Gasteiger partial charge on any atom is -0.304 e. The molecule has 5 heteroatoms. The summed E-state index contributed by atoms with van der Waals surface area (Å²) in [5.41, 5.74) is 2.58. The van der Waals surface area contributed by atoms with Crippen LogP contribution < -0.4 is 4.80 Å². The monoisotopic (exact) mass is 340 g/mol. The molecule has 0 aliphatic rings. The second-order valence-corrected chi connectivity index (χ2v) is 6.47. The molecule has 23 heavy (non-hydrogen) atoms. The van der Waals surface area contributed by atoms with E-state index in [0.717, 1.165) is 15.8 Å². The smallest absolute Gasteiger partial charge is 0.279 e. The highest BCUT2D eigenvalue weighted by molar-refractivity contribution is 7.16. The molecule has 0 fully saturated rings. The van der Waals surface area contributed by atoms with Crippen molar-refractivity contribution in [1.29, 1.82) is 0 Å². The number of para-hydroxylation sites is 1. The first kappa shape index (κ1) is 15.5. The number of halogens is 1. The number of thiazole rings is 1. The van der Waals surface area contributed by atoms with Crippen LogP contribution in [0.25, 0.3) is 10.2 Å². The Bertz CT molecular complexity index is 1010. The second-order valence-electron chi connectivity index (χ2n) is 5.02. The van der Waals surface area contributed by atoms with Crippen LogP contribution in [-0.2, 0) is 6.54 Å². The van der Waals surface area contributed by atoms with Gasteiger partial charge < -0.3 is 4.57 Å². The molecule has 1 amide bonds. The molecule has 114 valence electrons. The maximum atomic E-state index is 12.4. The van der Waals surface area contributed by atoms with Crippen LogP contribution in [-0.4, -0.2) is 10.5 Å². The van der Waals surface area contributed by atoms with Crippen LogP contribution in [0, 0.1) is 19.3 Å². The minimum absolute atomic E-state index is 0.331. The van der Waals surface area contributed by atoms with Crippen molar-refractivity contribution in [3.8, 4) is 12.3 Å². The standard InChI is InChI=1S/C18H13ClN2OS/c1-3-10-21-16-12(2)6-4-9-15(16)23-18(21)20-17(22)13-7-5-8-14(19)11-13/h1,4-9,11H,10H2,2H3. The van der Waals surface area contributed by atoms with Crippen LogP contribution in [0.2, 0.25) is 5.02 Å². The molecule has 0 saturated carbocycles. The lowest BCUT2D eigenvalue weighted by Gasteiger charge is -2.02. The lowest BCUT2D eigenvalue weighted by Crippen LogP contribution is -2.16. The number of carbonyl (C=O) groups excluding carboxylic acids is 1. The van der Waals surface area contributed by atoms with Crippen LogP contribution in [0.15, 0.2) is 47.5 Å². The lowest BCUT2D eigenvalue weighted by molar-refractivity contribution is 0.0998. The highest BCUT2D eigenvalue weighted by Gasteiger charge is 2.10. The van der Waals surface area contributed by atoms with Crippen LogP contribution >= 0.6 is 22.9 Å². The van der Waals surface area contributed by atoms with Crippen LogP contribution in [0.4, 0.5) is 0 Å². The van der Waals surface area contributed by atoms with Crippen molar-refractivity contribution in [3.63, 3.8) is 0 Å². The van der Waals surface area contributed by atoms with E-state index in [1.807, 2.05) is 29.7 Å². The number of nitrogens with zero attached hydrogens (tertiary/aromatic N) is 2. The number of hydrogen-bond donors (Lipinski definition) is 0. The summed E-state index contributed by atoms with van der Waals surface area (Å²) < 4.78 is 2.95. The molecule has 0 aliphatic carbocycles. The molecule has 0 saturated heterocycles. The molecule has 1 aromatic heterocycles. The van der Waals surface area contributed by atoms with Crippen LogP contribution in [0.5, 0.6) is 0 Å². The zero-order valence-electron chi connectivity index (χ0n) is 12.4. The molecular weight excluding hydrogens is 328 g/mol. The van der Waals surface area contributed by atoms with Gasteiger partial charge >= 0.3 is 0 Å². The average Bonchev–Trinajstić information content (AvgIpc) is 2.86. The predicted molar refractivity (Wildman–Crippen MR) is 94.7 cm³/mol. The van der Waals surface area contributed by atoms with Gasteiger partial charge in [0.1, 0.15) is 0 Å². The second kappa shape index (κ2) is 6.41. The van der Waals surface area contributed by atoms with E-state index in [1.54, 1.807) is 24.3 Å². The Morgan fingerprint density at radius 3 is 2.87 bits per heavy atom. The Hall–Kier alpha value is -2.35. The van der Waals surface area contributed by atoms with Gasteiger partial charge in [-0.1, -0.05) is 47.1 Å². The van der Waals surface area contributed by atoms with Crippen LogP contribution in [0.1, 0.15) is 15.9 Å². The number of rotatable bonds is 2. The highest BCUT2D eigenvalue weighted by atomic mass is 35.5. The van der Waals surface area contributed by atoms with E-state index in [4.69, 9.17) is 18.0 Å². The van der Waals surface area contributed by atoms with Gasteiger partial charge in [0.2, 0.25) is 0 Å². The molecule has 0 atom stereocenters. The number of aryl methyl sites for hydroxylation is 1. The van der Waals surface area contributed by atoms with E-state index in [-0.39, 0.29) is 5.91 Å². The Morgan fingerprint density at radius 2 is 2.13 bits per heavy atom. The van der Waals surface area contributed by atoms with Crippen molar-refractivity contribution in [2.24, 2.45) is 4.99 Å². The zero-order valence-corrected chi connectivity index (χ0v) is 14.0. The highest BCUT2D eigenvalue weighted by Crippen LogP contribution is 2.21. The van der Waals surface area contributed by atoms with Gasteiger partial charge in [-0.3, -0.25) is 4.79 Å². The fourth-order valence-corrected chi connectivity index (χ4v) is 3.70. The van der Waals surface area contributed by atoms with Gasteiger partial charge in [0.05, 0.1) is 16.8 Å². The van der Waals surface area contributed by atoms with E-state index < -0.39 is 0 Å². The summed E-state index contributed by atoms with van der Waals surface area (Å²) in [7, 11) is 0. The largest absolute Gasteiger partial charge is 0.304 e. The zero-order chi connectivity index (χ0) is 16.4. The summed E-state index contributed by atoms with van der Waals surface area (Å²) in [5.74, 6) is 2.30. The van der Waals surface area contributed by atoms with Gasteiger partial charge in [-0.2, -0.15) is 4.99 Å². The topological polar surface area (TPSA) is 34.4 Å². The first-order valence-electron chi connectivity index (χ1n) is 6.97. The van der Waals surface area contributed by atoms with E-state index in [1.165, 1.54) is 11.3 Å². The molecule has 0 bridgehead atoms. The molecule has 2 aromatic carbocycles. The number of amides is 1. The third-order valence-corrected chi connectivity index (χ3v) is 4.70. The number of terminal acetylenes is 1. The first-order valence-corrected chi connectivity index (χ1v) is 8.16. The van der Waals surface area contributed by atoms with E-state index in [2.05, 4.69) is 10.9 Å². The molecule has 0 aliphatic heterocycles. The van der Waals surface area contributed by atoms with Gasteiger partial charge in [-0.05, 0) is 36.8 Å². The molecule has 0 spiro atoms. The van der Waals surface area contributed by atoms with Gasteiger partial charge in [-0.25, -0.2) is 0 Å². The van der Waals surface area contributed by atoms with Crippen molar-refractivity contribution in [1.82, 2.24) is 4.57 Å². The van der Waals surface area contributed by atoms with Crippen LogP contribution in [0.3, 0.4) is 0 Å². The van der Waals surface area contributed by atoms with Crippen molar-refractivity contribution >= 4 is 39.1 Å². The fraction of sp³-hybridized carbons (Fsp3) is 0.111. The number of hydrogen-bond acceptors (Lipinski definition) is 2. The molecule has 1 heterocycles. The molecule has 3 aromatic rings. The summed E-state index contributed by atoms with van der Waals surface area (Å²) >= 11 is 7.39. The van der Waals surface area contributed by atoms with Gasteiger partial charge in [0.15, 0.2) is 4.80 Å². The Kier molecular flexibility index (Phi) is 4.33. The number of aromatic nitrogens is 1. The van der Waals surface area contributed by atoms with Crippen molar-refractivity contribution in [2.45, 2.75) is 13.5 Å². The van der Waals surface area contributed by atoms with Gasteiger partial charge in [0.25, 0.3) is 5.91 Å². The summed E-state index contributed by atoms with van der Waals surface area (Å²) in [6.07, 6.45) is 5.48. The number of fused-ring (bicyclic) bond motifs is 1. The maximum Gasteiger partial charge on any atom is 0.279 e. The molecule has 0 N–H and O–H groups in total. The fourth-order valence-electron chi connectivity index (χ4n) is 2.40. The molecule has 0 radical (unpaired) electrons. The molecular formula is C18H13ClN2OS. The third kappa shape index (κ3) is 3.07. The van der Waals surface area contributed by atoms with Gasteiger partial charge in [-0.15, -0.1) is 6.42 Å². The van der Waals surface area contributed by atoms with Crippen molar-refractivity contribution in [2.75, 3.05) is 0 Å². The lowest BCUT2D eigenvalue weighted by atomic mass is 10.2.